The molecule has 0 aliphatic heterocycles. The zero-order valence-electron chi connectivity index (χ0n) is 11.7. The van der Waals surface area contributed by atoms with Crippen LogP contribution in [0.25, 0.3) is 10.9 Å². The van der Waals surface area contributed by atoms with Crippen LogP contribution < -0.4 is 4.74 Å². The van der Waals surface area contributed by atoms with Gasteiger partial charge in [-0.25, -0.2) is 4.98 Å². The Labute approximate surface area is 123 Å². The van der Waals surface area contributed by atoms with Gasteiger partial charge in [-0.3, -0.25) is 4.79 Å². The van der Waals surface area contributed by atoms with Gasteiger partial charge in [-0.2, -0.15) is 0 Å². The summed E-state index contributed by atoms with van der Waals surface area (Å²) in [6.07, 6.45) is 0. The topological polar surface area (TPSA) is 39.2 Å². The van der Waals surface area contributed by atoms with Crippen LogP contribution in [0.2, 0.25) is 0 Å². The number of para-hydroxylation sites is 1. The summed E-state index contributed by atoms with van der Waals surface area (Å²) < 4.78 is 5.43. The SMILES string of the molecule is CCOc1cccc(C(=O)c2ccc3ccccc3n2)c1. The molecular weight excluding hydrogens is 262 g/mol. The Morgan fingerprint density at radius 2 is 1.90 bits per heavy atom. The minimum Gasteiger partial charge on any atom is -0.494 e. The number of hydrogen-bond acceptors (Lipinski definition) is 3. The molecule has 21 heavy (non-hydrogen) atoms. The van der Waals surface area contributed by atoms with Crippen molar-refractivity contribution in [1.29, 1.82) is 0 Å². The maximum atomic E-state index is 12.5. The maximum absolute atomic E-state index is 12.5. The lowest BCUT2D eigenvalue weighted by Crippen LogP contribution is -2.04. The predicted molar refractivity (Wildman–Crippen MR) is 82.8 cm³/mol. The van der Waals surface area contributed by atoms with Crippen LogP contribution in [0.1, 0.15) is 23.0 Å². The summed E-state index contributed by atoms with van der Waals surface area (Å²) in [5.41, 5.74) is 1.86. The van der Waals surface area contributed by atoms with Gasteiger partial charge in [-0.05, 0) is 31.2 Å². The van der Waals surface area contributed by atoms with E-state index >= 15 is 0 Å². The fourth-order valence-corrected chi connectivity index (χ4v) is 2.23. The predicted octanol–water partition coefficient (Wildman–Crippen LogP) is 3.86. The summed E-state index contributed by atoms with van der Waals surface area (Å²) in [7, 11) is 0. The fraction of sp³-hybridized carbons (Fsp3) is 0.111. The standard InChI is InChI=1S/C18H15NO2/c1-2-21-15-8-5-7-14(12-15)18(20)17-11-10-13-6-3-4-9-16(13)19-17/h3-12H,2H2,1H3. The number of hydrogen-bond donors (Lipinski definition) is 0. The van der Waals surface area contributed by atoms with Crippen molar-refractivity contribution in [2.75, 3.05) is 6.61 Å². The average molecular weight is 277 g/mol. The molecule has 0 aliphatic carbocycles. The Balaban J connectivity index is 1.97. The van der Waals surface area contributed by atoms with Crippen LogP contribution in [0, 0.1) is 0 Å². The average Bonchev–Trinajstić information content (AvgIpc) is 2.54. The number of carbonyl (C=O) groups excluding carboxylic acids is 1. The summed E-state index contributed by atoms with van der Waals surface area (Å²) in [6, 6.07) is 18.6. The zero-order chi connectivity index (χ0) is 14.7. The lowest BCUT2D eigenvalue weighted by molar-refractivity contribution is 0.103. The maximum Gasteiger partial charge on any atom is 0.211 e. The highest BCUT2D eigenvalue weighted by Crippen LogP contribution is 2.18. The van der Waals surface area contributed by atoms with Crippen LogP contribution in [0.5, 0.6) is 5.75 Å². The quantitative estimate of drug-likeness (QED) is 0.680. The number of benzene rings is 2. The van der Waals surface area contributed by atoms with E-state index in [4.69, 9.17) is 4.74 Å². The number of nitrogens with zero attached hydrogens (tertiary/aromatic N) is 1. The molecule has 3 aromatic rings. The van der Waals surface area contributed by atoms with Crippen molar-refractivity contribution < 1.29 is 9.53 Å². The third-order valence-corrected chi connectivity index (χ3v) is 3.24. The smallest absolute Gasteiger partial charge is 0.211 e. The number of rotatable bonds is 4. The van der Waals surface area contributed by atoms with Crippen molar-refractivity contribution in [3.63, 3.8) is 0 Å². The molecule has 0 atom stereocenters. The van der Waals surface area contributed by atoms with Gasteiger partial charge in [0, 0.05) is 10.9 Å². The molecule has 0 radical (unpaired) electrons. The molecule has 0 N–H and O–H groups in total. The number of carbonyl (C=O) groups is 1. The number of aromatic nitrogens is 1. The van der Waals surface area contributed by atoms with Gasteiger partial charge in [-0.15, -0.1) is 0 Å². The molecular formula is C18H15NO2. The van der Waals surface area contributed by atoms with E-state index in [0.717, 1.165) is 10.9 Å². The highest BCUT2D eigenvalue weighted by atomic mass is 16.5. The molecule has 0 bridgehead atoms. The largest absolute Gasteiger partial charge is 0.494 e. The van der Waals surface area contributed by atoms with E-state index in [2.05, 4.69) is 4.98 Å². The minimum absolute atomic E-state index is 0.0951. The molecule has 3 rings (SSSR count). The van der Waals surface area contributed by atoms with Crippen LogP contribution in [0.4, 0.5) is 0 Å². The third-order valence-electron chi connectivity index (χ3n) is 3.24. The zero-order valence-corrected chi connectivity index (χ0v) is 11.7. The van der Waals surface area contributed by atoms with E-state index in [1.54, 1.807) is 18.2 Å². The second-order valence-corrected chi connectivity index (χ2v) is 4.68. The summed E-state index contributed by atoms with van der Waals surface area (Å²) >= 11 is 0. The van der Waals surface area contributed by atoms with Crippen LogP contribution in [-0.2, 0) is 0 Å². The Hall–Kier alpha value is -2.68. The Bertz CT molecular complexity index is 796. The first-order valence-electron chi connectivity index (χ1n) is 6.91. The molecule has 1 aromatic heterocycles. The lowest BCUT2D eigenvalue weighted by atomic mass is 10.1. The van der Waals surface area contributed by atoms with Gasteiger partial charge >= 0.3 is 0 Å². The second-order valence-electron chi connectivity index (χ2n) is 4.68. The van der Waals surface area contributed by atoms with Crippen LogP contribution in [0.15, 0.2) is 60.7 Å². The molecule has 3 heteroatoms. The first-order valence-corrected chi connectivity index (χ1v) is 6.91. The van der Waals surface area contributed by atoms with Gasteiger partial charge in [0.25, 0.3) is 0 Å². The molecule has 0 saturated heterocycles. The molecule has 0 amide bonds. The molecule has 0 aliphatic rings. The van der Waals surface area contributed by atoms with Gasteiger partial charge in [0.1, 0.15) is 11.4 Å². The van der Waals surface area contributed by atoms with Crippen LogP contribution >= 0.6 is 0 Å². The molecule has 3 nitrogen and oxygen atoms in total. The lowest BCUT2D eigenvalue weighted by Gasteiger charge is -2.06. The minimum atomic E-state index is -0.0951. The van der Waals surface area contributed by atoms with Crippen molar-refractivity contribution >= 4 is 16.7 Å². The summed E-state index contributed by atoms with van der Waals surface area (Å²) in [4.78, 5) is 17.0. The van der Waals surface area contributed by atoms with Crippen molar-refractivity contribution in [3.8, 4) is 5.75 Å². The van der Waals surface area contributed by atoms with Crippen molar-refractivity contribution in [1.82, 2.24) is 4.98 Å². The summed E-state index contributed by atoms with van der Waals surface area (Å²) in [5.74, 6) is 0.603. The second kappa shape index (κ2) is 5.75. The molecule has 0 spiro atoms. The van der Waals surface area contributed by atoms with Gasteiger partial charge in [0.05, 0.1) is 12.1 Å². The van der Waals surface area contributed by atoms with E-state index in [1.165, 1.54) is 0 Å². The van der Waals surface area contributed by atoms with E-state index in [1.807, 2.05) is 49.4 Å². The first kappa shape index (κ1) is 13.3. The van der Waals surface area contributed by atoms with Gasteiger partial charge in [0.15, 0.2) is 0 Å². The van der Waals surface area contributed by atoms with Crippen molar-refractivity contribution in [2.24, 2.45) is 0 Å². The Morgan fingerprint density at radius 3 is 2.76 bits per heavy atom. The van der Waals surface area contributed by atoms with E-state index in [9.17, 15) is 4.79 Å². The highest BCUT2D eigenvalue weighted by molar-refractivity contribution is 6.08. The van der Waals surface area contributed by atoms with Gasteiger partial charge < -0.3 is 4.74 Å². The van der Waals surface area contributed by atoms with Gasteiger partial charge in [-0.1, -0.05) is 36.4 Å². The van der Waals surface area contributed by atoms with E-state index in [-0.39, 0.29) is 5.78 Å². The van der Waals surface area contributed by atoms with E-state index < -0.39 is 0 Å². The molecule has 0 saturated carbocycles. The normalized spacial score (nSPS) is 10.5. The molecule has 104 valence electrons. The number of ether oxygens (including phenoxy) is 1. The van der Waals surface area contributed by atoms with Crippen molar-refractivity contribution in [2.45, 2.75) is 6.92 Å². The number of pyridine rings is 1. The first-order chi connectivity index (χ1) is 10.3. The molecule has 0 unspecified atom stereocenters. The van der Waals surface area contributed by atoms with Crippen molar-refractivity contribution in [3.05, 3.63) is 71.9 Å². The fourth-order valence-electron chi connectivity index (χ4n) is 2.23. The number of fused-ring (bicyclic) bond motifs is 1. The van der Waals surface area contributed by atoms with Crippen LogP contribution in [-0.4, -0.2) is 17.4 Å². The monoisotopic (exact) mass is 277 g/mol. The molecule has 0 fully saturated rings. The summed E-state index contributed by atoms with van der Waals surface area (Å²) in [5, 5.41) is 1.03. The highest BCUT2D eigenvalue weighted by Gasteiger charge is 2.12. The Morgan fingerprint density at radius 1 is 1.05 bits per heavy atom. The van der Waals surface area contributed by atoms with E-state index in [0.29, 0.717) is 23.6 Å². The molecule has 2 aromatic carbocycles. The Kier molecular flexibility index (Phi) is 3.65. The van der Waals surface area contributed by atoms with Gasteiger partial charge in [0.2, 0.25) is 5.78 Å². The third kappa shape index (κ3) is 2.77. The molecule has 1 heterocycles. The summed E-state index contributed by atoms with van der Waals surface area (Å²) in [6.45, 7) is 2.49. The van der Waals surface area contributed by atoms with Crippen LogP contribution in [0.3, 0.4) is 0 Å². The number of ketones is 1.